The molecule has 0 radical (unpaired) electrons. The minimum absolute atomic E-state index is 0.238. The van der Waals surface area contributed by atoms with E-state index in [4.69, 9.17) is 0 Å². The van der Waals surface area contributed by atoms with Crippen LogP contribution in [0.25, 0.3) is 0 Å². The minimum Gasteiger partial charge on any atom is -0.481 e. The van der Waals surface area contributed by atoms with Crippen LogP contribution in [0.15, 0.2) is 24.3 Å². The number of aliphatic carboxylic acids is 1. The van der Waals surface area contributed by atoms with E-state index in [0.29, 0.717) is 32.4 Å². The van der Waals surface area contributed by atoms with Crippen LogP contribution in [-0.4, -0.2) is 41.3 Å². The molecule has 1 fully saturated rings. The second-order valence-electron chi connectivity index (χ2n) is 5.92. The zero-order chi connectivity index (χ0) is 15.7. The number of nitrogens with one attached hydrogen (secondary N) is 1. The fourth-order valence-corrected chi connectivity index (χ4v) is 3.30. The van der Waals surface area contributed by atoms with Crippen molar-refractivity contribution in [1.29, 1.82) is 0 Å². The van der Waals surface area contributed by atoms with Crippen LogP contribution in [0.4, 0.5) is 9.18 Å². The summed E-state index contributed by atoms with van der Waals surface area (Å²) >= 11 is 0. The first-order valence-electron chi connectivity index (χ1n) is 7.57. The van der Waals surface area contributed by atoms with Crippen molar-refractivity contribution >= 4 is 12.0 Å². The van der Waals surface area contributed by atoms with Crippen molar-refractivity contribution in [3.63, 3.8) is 0 Å². The van der Waals surface area contributed by atoms with Crippen molar-refractivity contribution in [3.8, 4) is 0 Å². The van der Waals surface area contributed by atoms with Crippen molar-refractivity contribution < 1.29 is 19.1 Å². The van der Waals surface area contributed by atoms with Gasteiger partial charge in [-0.05, 0) is 30.4 Å². The first kappa shape index (κ1) is 14.8. The largest absolute Gasteiger partial charge is 0.481 e. The summed E-state index contributed by atoms with van der Waals surface area (Å²) in [6.45, 7) is 0.813. The highest BCUT2D eigenvalue weighted by Crippen LogP contribution is 2.40. The van der Waals surface area contributed by atoms with E-state index in [0.717, 1.165) is 11.1 Å². The number of hydrogen-bond donors (Lipinski definition) is 2. The van der Waals surface area contributed by atoms with Crippen LogP contribution >= 0.6 is 0 Å². The molecule has 1 aromatic rings. The molecule has 1 aliphatic carbocycles. The van der Waals surface area contributed by atoms with Gasteiger partial charge in [-0.1, -0.05) is 24.3 Å². The molecule has 6 heteroatoms. The number of piperidine rings is 1. The van der Waals surface area contributed by atoms with E-state index < -0.39 is 18.1 Å². The van der Waals surface area contributed by atoms with Gasteiger partial charge in [-0.15, -0.1) is 0 Å². The van der Waals surface area contributed by atoms with Crippen LogP contribution in [-0.2, 0) is 4.79 Å². The Hall–Kier alpha value is -2.11. The Morgan fingerprint density at radius 3 is 2.45 bits per heavy atom. The molecule has 1 aromatic carbocycles. The maximum atomic E-state index is 13.1. The lowest BCUT2D eigenvalue weighted by atomic mass is 10.0. The zero-order valence-corrected chi connectivity index (χ0v) is 12.2. The molecular formula is C16H19FN2O3. The third-order valence-corrected chi connectivity index (χ3v) is 4.53. The lowest BCUT2D eigenvalue weighted by molar-refractivity contribution is -0.138. The molecule has 1 heterocycles. The van der Waals surface area contributed by atoms with Crippen LogP contribution in [0.1, 0.15) is 42.3 Å². The van der Waals surface area contributed by atoms with Gasteiger partial charge in [0.2, 0.25) is 0 Å². The SMILES string of the molecule is O=C(O)C1CC(NC(=O)N2CCC(F)CC2)c2ccccc21. The number of alkyl halides is 1. The smallest absolute Gasteiger partial charge is 0.317 e. The van der Waals surface area contributed by atoms with Crippen LogP contribution in [0.2, 0.25) is 0 Å². The lowest BCUT2D eigenvalue weighted by Gasteiger charge is -2.30. The average Bonchev–Trinajstić information content (AvgIpc) is 2.87. The lowest BCUT2D eigenvalue weighted by Crippen LogP contribution is -2.45. The Balaban J connectivity index is 1.71. The first-order valence-corrected chi connectivity index (χ1v) is 7.57. The minimum atomic E-state index is -0.873. The number of benzene rings is 1. The number of carboxylic acid groups (broad SMARTS) is 1. The number of carboxylic acids is 1. The van der Waals surface area contributed by atoms with Gasteiger partial charge in [-0.2, -0.15) is 0 Å². The third-order valence-electron chi connectivity index (χ3n) is 4.53. The van der Waals surface area contributed by atoms with Crippen LogP contribution in [0, 0.1) is 0 Å². The summed E-state index contributed by atoms with van der Waals surface area (Å²) in [5.41, 5.74) is 1.63. The van der Waals surface area contributed by atoms with E-state index in [1.165, 1.54) is 0 Å². The molecule has 2 aliphatic rings. The summed E-state index contributed by atoms with van der Waals surface area (Å²) in [5.74, 6) is -1.46. The number of rotatable bonds is 2. The Morgan fingerprint density at radius 1 is 1.18 bits per heavy atom. The fraction of sp³-hybridized carbons (Fsp3) is 0.500. The number of carbonyl (C=O) groups excluding carboxylic acids is 1. The van der Waals surface area contributed by atoms with Gasteiger partial charge in [0, 0.05) is 13.1 Å². The number of urea groups is 1. The molecule has 2 unspecified atom stereocenters. The predicted molar refractivity (Wildman–Crippen MR) is 78.4 cm³/mol. The number of fused-ring (bicyclic) bond motifs is 1. The molecule has 0 saturated carbocycles. The fourth-order valence-electron chi connectivity index (χ4n) is 3.30. The van der Waals surface area contributed by atoms with Gasteiger partial charge in [0.1, 0.15) is 6.17 Å². The third kappa shape index (κ3) is 2.77. The Kier molecular flexibility index (Phi) is 4.00. The van der Waals surface area contributed by atoms with Crippen LogP contribution in [0.3, 0.4) is 0 Å². The Labute approximate surface area is 128 Å². The molecule has 2 N–H and O–H groups in total. The standard InChI is InChI=1S/C16H19FN2O3/c17-10-5-7-19(8-6-10)16(22)18-14-9-13(15(20)21)11-3-1-2-4-12(11)14/h1-4,10,13-14H,5-9H2,(H,18,22)(H,20,21). The molecule has 0 bridgehead atoms. The van der Waals surface area contributed by atoms with Gasteiger partial charge in [-0.3, -0.25) is 4.79 Å². The summed E-state index contributed by atoms with van der Waals surface area (Å²) in [4.78, 5) is 25.3. The van der Waals surface area contributed by atoms with Gasteiger partial charge in [-0.25, -0.2) is 9.18 Å². The number of likely N-dealkylation sites (tertiary alicyclic amines) is 1. The Bertz CT molecular complexity index is 585. The number of amides is 2. The molecular weight excluding hydrogens is 287 g/mol. The normalized spacial score (nSPS) is 24.9. The molecule has 0 aromatic heterocycles. The second-order valence-corrected chi connectivity index (χ2v) is 5.92. The van der Waals surface area contributed by atoms with E-state index in [1.54, 1.807) is 11.0 Å². The summed E-state index contributed by atoms with van der Waals surface area (Å²) in [5, 5.41) is 12.2. The van der Waals surface area contributed by atoms with E-state index in [2.05, 4.69) is 5.32 Å². The summed E-state index contributed by atoms with van der Waals surface area (Å²) in [6.07, 6.45) is 0.270. The summed E-state index contributed by atoms with van der Waals surface area (Å²) in [7, 11) is 0. The molecule has 3 rings (SSSR count). The number of hydrogen-bond acceptors (Lipinski definition) is 2. The predicted octanol–water partition coefficient (Wildman–Crippen LogP) is 2.44. The van der Waals surface area contributed by atoms with E-state index >= 15 is 0 Å². The first-order chi connectivity index (χ1) is 10.6. The quantitative estimate of drug-likeness (QED) is 0.881. The molecule has 2 amide bonds. The van der Waals surface area contributed by atoms with E-state index in [9.17, 15) is 19.1 Å². The molecule has 2 atom stereocenters. The Morgan fingerprint density at radius 2 is 1.82 bits per heavy atom. The molecule has 1 saturated heterocycles. The van der Waals surface area contributed by atoms with Gasteiger partial charge < -0.3 is 15.3 Å². The van der Waals surface area contributed by atoms with Gasteiger partial charge >= 0.3 is 12.0 Å². The van der Waals surface area contributed by atoms with Crippen molar-refractivity contribution in [1.82, 2.24) is 10.2 Å². The average molecular weight is 306 g/mol. The molecule has 1 aliphatic heterocycles. The monoisotopic (exact) mass is 306 g/mol. The molecule has 118 valence electrons. The van der Waals surface area contributed by atoms with E-state index in [1.807, 2.05) is 18.2 Å². The molecule has 5 nitrogen and oxygen atoms in total. The summed E-state index contributed by atoms with van der Waals surface area (Å²) in [6, 6.07) is 6.78. The van der Waals surface area contributed by atoms with Gasteiger partial charge in [0.05, 0.1) is 12.0 Å². The van der Waals surface area contributed by atoms with Crippen molar-refractivity contribution in [3.05, 3.63) is 35.4 Å². The van der Waals surface area contributed by atoms with Gasteiger partial charge in [0.25, 0.3) is 0 Å². The number of nitrogens with zero attached hydrogens (tertiary/aromatic N) is 1. The van der Waals surface area contributed by atoms with Crippen LogP contribution < -0.4 is 5.32 Å². The van der Waals surface area contributed by atoms with Crippen LogP contribution in [0.5, 0.6) is 0 Å². The molecule has 22 heavy (non-hydrogen) atoms. The highest BCUT2D eigenvalue weighted by molar-refractivity contribution is 5.80. The van der Waals surface area contributed by atoms with E-state index in [-0.39, 0.29) is 12.1 Å². The number of halogens is 1. The maximum absolute atomic E-state index is 13.1. The highest BCUT2D eigenvalue weighted by atomic mass is 19.1. The summed E-state index contributed by atoms with van der Waals surface area (Å²) < 4.78 is 13.1. The maximum Gasteiger partial charge on any atom is 0.317 e. The topological polar surface area (TPSA) is 69.6 Å². The van der Waals surface area contributed by atoms with Gasteiger partial charge in [0.15, 0.2) is 0 Å². The number of carbonyl (C=O) groups is 2. The van der Waals surface area contributed by atoms with Crippen molar-refractivity contribution in [2.75, 3.05) is 13.1 Å². The highest BCUT2D eigenvalue weighted by Gasteiger charge is 2.36. The van der Waals surface area contributed by atoms with Crippen molar-refractivity contribution in [2.45, 2.75) is 37.4 Å². The second kappa shape index (κ2) is 5.94. The van der Waals surface area contributed by atoms with Crippen molar-refractivity contribution in [2.24, 2.45) is 0 Å². The zero-order valence-electron chi connectivity index (χ0n) is 12.2. The molecule has 0 spiro atoms.